The Labute approximate surface area is 149 Å². The van der Waals surface area contributed by atoms with Crippen LogP contribution < -0.4 is 4.74 Å². The van der Waals surface area contributed by atoms with E-state index in [0.717, 1.165) is 11.3 Å². The van der Waals surface area contributed by atoms with Gasteiger partial charge in [0.15, 0.2) is 0 Å². The highest BCUT2D eigenvalue weighted by atomic mass is 16.5. The molecule has 7 heteroatoms. The van der Waals surface area contributed by atoms with Crippen LogP contribution in [0.3, 0.4) is 0 Å². The lowest BCUT2D eigenvalue weighted by Crippen LogP contribution is -2.30. The molecule has 0 N–H and O–H groups in total. The summed E-state index contributed by atoms with van der Waals surface area (Å²) in [5, 5.41) is 4.22. The van der Waals surface area contributed by atoms with Crippen LogP contribution in [0.5, 0.6) is 5.75 Å². The van der Waals surface area contributed by atoms with Crippen LogP contribution in [0.1, 0.15) is 32.1 Å². The largest absolute Gasteiger partial charge is 0.497 e. The molecule has 1 aliphatic rings. The molecule has 0 spiro atoms. The van der Waals surface area contributed by atoms with Gasteiger partial charge >= 0.3 is 0 Å². The summed E-state index contributed by atoms with van der Waals surface area (Å²) < 4.78 is 6.84. The van der Waals surface area contributed by atoms with Crippen LogP contribution in [0.15, 0.2) is 54.9 Å². The standard InChI is InChI=1S/C19H16N4O3/c1-26-14-8-6-13(7-9-14)10-23-17(20-12-21-23)11-22-18(24)15-4-2-3-5-16(15)19(22)25/h2-9,12H,10-11H2,1H3. The molecule has 7 nitrogen and oxygen atoms in total. The Morgan fingerprint density at radius 3 is 2.19 bits per heavy atom. The smallest absolute Gasteiger partial charge is 0.261 e. The highest BCUT2D eigenvalue weighted by molar-refractivity contribution is 6.21. The number of aromatic nitrogens is 3. The number of hydrogen-bond acceptors (Lipinski definition) is 5. The first kappa shape index (κ1) is 16.0. The van der Waals surface area contributed by atoms with E-state index in [0.29, 0.717) is 23.5 Å². The van der Waals surface area contributed by atoms with Gasteiger partial charge in [-0.2, -0.15) is 5.10 Å². The molecule has 130 valence electrons. The monoisotopic (exact) mass is 348 g/mol. The predicted molar refractivity (Wildman–Crippen MR) is 92.8 cm³/mol. The Balaban J connectivity index is 1.54. The van der Waals surface area contributed by atoms with Crippen molar-refractivity contribution in [1.29, 1.82) is 0 Å². The van der Waals surface area contributed by atoms with Gasteiger partial charge in [-0.3, -0.25) is 14.5 Å². The van der Waals surface area contributed by atoms with Crippen LogP contribution in [0.25, 0.3) is 0 Å². The minimum absolute atomic E-state index is 0.0858. The molecule has 3 aromatic rings. The van der Waals surface area contributed by atoms with Crippen molar-refractivity contribution in [2.75, 3.05) is 7.11 Å². The third-order valence-corrected chi connectivity index (χ3v) is 4.36. The number of hydrogen-bond donors (Lipinski definition) is 0. The van der Waals surface area contributed by atoms with Crippen molar-refractivity contribution in [1.82, 2.24) is 19.7 Å². The van der Waals surface area contributed by atoms with Gasteiger partial charge in [0.2, 0.25) is 0 Å². The molecule has 0 fully saturated rings. The third kappa shape index (κ3) is 2.73. The normalized spacial score (nSPS) is 13.2. The van der Waals surface area contributed by atoms with E-state index in [-0.39, 0.29) is 18.4 Å². The zero-order valence-corrected chi connectivity index (χ0v) is 14.1. The fourth-order valence-electron chi connectivity index (χ4n) is 2.97. The van der Waals surface area contributed by atoms with Crippen LogP contribution >= 0.6 is 0 Å². The number of nitrogens with zero attached hydrogens (tertiary/aromatic N) is 4. The zero-order chi connectivity index (χ0) is 18.1. The van der Waals surface area contributed by atoms with Gasteiger partial charge < -0.3 is 4.74 Å². The number of carbonyl (C=O) groups is 2. The van der Waals surface area contributed by atoms with Crippen molar-refractivity contribution in [2.45, 2.75) is 13.1 Å². The average molecular weight is 348 g/mol. The molecule has 2 amide bonds. The Bertz CT molecular complexity index is 943. The molecule has 0 unspecified atom stereocenters. The first-order valence-corrected chi connectivity index (χ1v) is 8.12. The maximum absolute atomic E-state index is 12.5. The molecule has 0 atom stereocenters. The molecule has 2 aromatic carbocycles. The first-order valence-electron chi connectivity index (χ1n) is 8.12. The van der Waals surface area contributed by atoms with Gasteiger partial charge in [0, 0.05) is 0 Å². The van der Waals surface area contributed by atoms with Gasteiger partial charge in [0.25, 0.3) is 11.8 Å². The zero-order valence-electron chi connectivity index (χ0n) is 14.1. The molecule has 2 heterocycles. The van der Waals surface area contributed by atoms with Crippen LogP contribution in [0.2, 0.25) is 0 Å². The second-order valence-corrected chi connectivity index (χ2v) is 5.92. The van der Waals surface area contributed by atoms with Crippen molar-refractivity contribution in [3.8, 4) is 5.75 Å². The van der Waals surface area contributed by atoms with Gasteiger partial charge in [-0.1, -0.05) is 24.3 Å². The number of ether oxygens (including phenoxy) is 1. The summed E-state index contributed by atoms with van der Waals surface area (Å²) in [5.41, 5.74) is 1.87. The van der Waals surface area contributed by atoms with E-state index in [1.54, 1.807) is 36.1 Å². The number of rotatable bonds is 5. The number of carbonyl (C=O) groups excluding carboxylic acids is 2. The second-order valence-electron chi connectivity index (χ2n) is 5.92. The van der Waals surface area contributed by atoms with Crippen molar-refractivity contribution in [2.24, 2.45) is 0 Å². The van der Waals surface area contributed by atoms with Gasteiger partial charge in [0.05, 0.1) is 31.3 Å². The Hall–Kier alpha value is -3.48. The highest BCUT2D eigenvalue weighted by Gasteiger charge is 2.35. The average Bonchev–Trinajstić information content (AvgIpc) is 3.21. The topological polar surface area (TPSA) is 77.3 Å². The van der Waals surface area contributed by atoms with E-state index < -0.39 is 0 Å². The minimum atomic E-state index is -0.301. The van der Waals surface area contributed by atoms with Gasteiger partial charge in [-0.15, -0.1) is 0 Å². The Morgan fingerprint density at radius 2 is 1.58 bits per heavy atom. The number of fused-ring (bicyclic) bond motifs is 1. The summed E-state index contributed by atoms with van der Waals surface area (Å²) >= 11 is 0. The third-order valence-electron chi connectivity index (χ3n) is 4.36. The van der Waals surface area contributed by atoms with E-state index in [9.17, 15) is 9.59 Å². The molecule has 0 bridgehead atoms. The van der Waals surface area contributed by atoms with E-state index in [2.05, 4.69) is 10.1 Å². The minimum Gasteiger partial charge on any atom is -0.497 e. The number of amides is 2. The summed E-state index contributed by atoms with van der Waals surface area (Å²) in [6, 6.07) is 14.4. The van der Waals surface area contributed by atoms with E-state index in [1.807, 2.05) is 24.3 Å². The van der Waals surface area contributed by atoms with E-state index in [1.165, 1.54) is 11.2 Å². The maximum Gasteiger partial charge on any atom is 0.261 e. The van der Waals surface area contributed by atoms with Gasteiger partial charge in [-0.05, 0) is 29.8 Å². The molecular weight excluding hydrogens is 332 g/mol. The van der Waals surface area contributed by atoms with Crippen LogP contribution in [0, 0.1) is 0 Å². The lowest BCUT2D eigenvalue weighted by Gasteiger charge is -2.14. The van der Waals surface area contributed by atoms with Gasteiger partial charge in [0.1, 0.15) is 17.9 Å². The number of imide groups is 1. The first-order chi connectivity index (χ1) is 12.7. The quantitative estimate of drug-likeness (QED) is 0.660. The molecule has 4 rings (SSSR count). The van der Waals surface area contributed by atoms with Crippen LogP contribution in [-0.4, -0.2) is 38.6 Å². The van der Waals surface area contributed by atoms with Crippen LogP contribution in [0.4, 0.5) is 0 Å². The summed E-state index contributed by atoms with van der Waals surface area (Å²) in [5.74, 6) is 0.725. The van der Waals surface area contributed by atoms with E-state index >= 15 is 0 Å². The molecule has 0 radical (unpaired) electrons. The summed E-state index contributed by atoms with van der Waals surface area (Å²) in [6.07, 6.45) is 1.43. The Kier molecular flexibility index (Phi) is 3.96. The predicted octanol–water partition coefficient (Wildman–Crippen LogP) is 2.13. The second kappa shape index (κ2) is 6.44. The van der Waals surface area contributed by atoms with Crippen molar-refractivity contribution < 1.29 is 14.3 Å². The lowest BCUT2D eigenvalue weighted by atomic mass is 10.1. The fraction of sp³-hybridized carbons (Fsp3) is 0.158. The molecule has 26 heavy (non-hydrogen) atoms. The molecule has 1 aliphatic heterocycles. The van der Waals surface area contributed by atoms with Crippen molar-refractivity contribution in [3.05, 3.63) is 77.4 Å². The fourth-order valence-corrected chi connectivity index (χ4v) is 2.97. The molecule has 0 aliphatic carbocycles. The number of benzene rings is 2. The maximum atomic E-state index is 12.5. The van der Waals surface area contributed by atoms with Crippen molar-refractivity contribution in [3.63, 3.8) is 0 Å². The van der Waals surface area contributed by atoms with Crippen molar-refractivity contribution >= 4 is 11.8 Å². The molecule has 0 saturated heterocycles. The highest BCUT2D eigenvalue weighted by Crippen LogP contribution is 2.24. The summed E-state index contributed by atoms with van der Waals surface area (Å²) in [4.78, 5) is 30.4. The van der Waals surface area contributed by atoms with E-state index in [4.69, 9.17) is 4.74 Å². The molecule has 1 aromatic heterocycles. The molecular formula is C19H16N4O3. The summed E-state index contributed by atoms with van der Waals surface area (Å²) in [7, 11) is 1.62. The SMILES string of the molecule is COc1ccc(Cn2ncnc2CN2C(=O)c3ccccc3C2=O)cc1. The summed E-state index contributed by atoms with van der Waals surface area (Å²) in [6.45, 7) is 0.574. The molecule has 0 saturated carbocycles. The lowest BCUT2D eigenvalue weighted by molar-refractivity contribution is 0.0636. The van der Waals surface area contributed by atoms with Gasteiger partial charge in [-0.25, -0.2) is 9.67 Å². The van der Waals surface area contributed by atoms with Crippen LogP contribution in [-0.2, 0) is 13.1 Å². The Morgan fingerprint density at radius 1 is 0.923 bits per heavy atom. The number of methoxy groups -OCH3 is 1.